The van der Waals surface area contributed by atoms with Crippen molar-refractivity contribution in [3.8, 4) is 0 Å². The molecule has 0 atom stereocenters. The van der Waals surface area contributed by atoms with Crippen molar-refractivity contribution in [2.45, 2.75) is 0 Å². The molecule has 0 amide bonds. The first kappa shape index (κ1) is 12.0. The molecule has 1 aromatic rings. The van der Waals surface area contributed by atoms with Crippen molar-refractivity contribution in [1.82, 2.24) is 0 Å². The number of nitrogen functional groups attached to an aromatic ring is 1. The van der Waals surface area contributed by atoms with Gasteiger partial charge in [0.25, 0.3) is 0 Å². The molecule has 1 aromatic carbocycles. The fraction of sp³-hybridized carbons (Fsp3) is 0. The Morgan fingerprint density at radius 3 is 2.62 bits per heavy atom. The average Bonchev–Trinajstić information content (AvgIpc) is 2.04. The van der Waals surface area contributed by atoms with Gasteiger partial charge >= 0.3 is 5.97 Å². The van der Waals surface area contributed by atoms with Gasteiger partial charge in [0.05, 0.1) is 16.3 Å². The van der Waals surface area contributed by atoms with E-state index in [9.17, 15) is 4.79 Å². The standard InChI is InChI=1S/C7H7ClN2O2.ClH/c8-6-4(7(11)12)2-1-3-5(6)10-9;/h1-3,10H,9H2,(H,11,12);1H. The van der Waals surface area contributed by atoms with Gasteiger partial charge in [-0.1, -0.05) is 17.7 Å². The second-order valence-corrected chi connectivity index (χ2v) is 2.49. The van der Waals surface area contributed by atoms with E-state index in [4.69, 9.17) is 22.6 Å². The number of nitrogens with one attached hydrogen (secondary N) is 1. The number of carboxylic acid groups (broad SMARTS) is 1. The summed E-state index contributed by atoms with van der Waals surface area (Å²) in [6.07, 6.45) is 0. The van der Waals surface area contributed by atoms with E-state index < -0.39 is 5.97 Å². The first-order valence-electron chi connectivity index (χ1n) is 3.15. The Balaban J connectivity index is 0.00000144. The lowest BCUT2D eigenvalue weighted by Gasteiger charge is -2.04. The van der Waals surface area contributed by atoms with Crippen molar-refractivity contribution in [3.63, 3.8) is 0 Å². The summed E-state index contributed by atoms with van der Waals surface area (Å²) < 4.78 is 0. The van der Waals surface area contributed by atoms with Crippen molar-refractivity contribution in [2.24, 2.45) is 5.84 Å². The third-order valence-electron chi connectivity index (χ3n) is 1.38. The van der Waals surface area contributed by atoms with Crippen LogP contribution in [0, 0.1) is 0 Å². The average molecular weight is 223 g/mol. The van der Waals surface area contributed by atoms with Gasteiger partial charge in [-0.05, 0) is 12.1 Å². The van der Waals surface area contributed by atoms with Crippen LogP contribution in [0.1, 0.15) is 10.4 Å². The molecule has 4 N–H and O–H groups in total. The summed E-state index contributed by atoms with van der Waals surface area (Å²) in [6, 6.07) is 4.56. The van der Waals surface area contributed by atoms with Gasteiger partial charge in [-0.3, -0.25) is 5.84 Å². The number of aromatic carboxylic acids is 1. The van der Waals surface area contributed by atoms with Crippen molar-refractivity contribution in [3.05, 3.63) is 28.8 Å². The van der Waals surface area contributed by atoms with E-state index >= 15 is 0 Å². The number of nitrogens with two attached hydrogens (primary N) is 1. The summed E-state index contributed by atoms with van der Waals surface area (Å²) in [5, 5.41) is 8.75. The van der Waals surface area contributed by atoms with Gasteiger partial charge in [0.15, 0.2) is 0 Å². The fourth-order valence-corrected chi connectivity index (χ4v) is 1.07. The molecule has 0 fully saturated rings. The molecule has 6 heteroatoms. The lowest BCUT2D eigenvalue weighted by atomic mass is 10.2. The molecule has 0 radical (unpaired) electrons. The van der Waals surface area contributed by atoms with Crippen LogP contribution in [0.2, 0.25) is 5.02 Å². The Morgan fingerprint density at radius 2 is 2.15 bits per heavy atom. The highest BCUT2D eigenvalue weighted by molar-refractivity contribution is 6.36. The van der Waals surface area contributed by atoms with Gasteiger partial charge in [-0.15, -0.1) is 12.4 Å². The van der Waals surface area contributed by atoms with E-state index in [1.807, 2.05) is 0 Å². The second-order valence-electron chi connectivity index (χ2n) is 2.12. The van der Waals surface area contributed by atoms with Crippen LogP contribution in [-0.2, 0) is 0 Å². The van der Waals surface area contributed by atoms with E-state index in [1.165, 1.54) is 6.07 Å². The van der Waals surface area contributed by atoms with Crippen LogP contribution in [0.3, 0.4) is 0 Å². The monoisotopic (exact) mass is 222 g/mol. The third kappa shape index (κ3) is 2.48. The Morgan fingerprint density at radius 1 is 1.54 bits per heavy atom. The summed E-state index contributed by atoms with van der Waals surface area (Å²) in [4.78, 5) is 10.5. The van der Waals surface area contributed by atoms with Gasteiger partial charge in [-0.2, -0.15) is 0 Å². The lowest BCUT2D eigenvalue weighted by Crippen LogP contribution is -2.09. The van der Waals surface area contributed by atoms with Crippen molar-refractivity contribution < 1.29 is 9.90 Å². The van der Waals surface area contributed by atoms with Crippen molar-refractivity contribution >= 4 is 35.7 Å². The molecule has 0 aliphatic heterocycles. The van der Waals surface area contributed by atoms with E-state index in [2.05, 4.69) is 5.43 Å². The first-order valence-corrected chi connectivity index (χ1v) is 3.53. The van der Waals surface area contributed by atoms with Crippen LogP contribution in [0.25, 0.3) is 0 Å². The van der Waals surface area contributed by atoms with E-state index in [0.29, 0.717) is 5.69 Å². The van der Waals surface area contributed by atoms with E-state index in [1.54, 1.807) is 12.1 Å². The predicted octanol–water partition coefficient (Wildman–Crippen LogP) is 1.75. The molecule has 0 aromatic heterocycles. The predicted molar refractivity (Wildman–Crippen MR) is 53.5 cm³/mol. The minimum atomic E-state index is -1.07. The molecular formula is C7H8Cl2N2O2. The number of rotatable bonds is 2. The van der Waals surface area contributed by atoms with Gasteiger partial charge < -0.3 is 10.5 Å². The number of hydrogen-bond acceptors (Lipinski definition) is 3. The SMILES string of the molecule is Cl.NNc1cccc(C(=O)O)c1Cl. The highest BCUT2D eigenvalue weighted by Crippen LogP contribution is 2.24. The Labute approximate surface area is 86.1 Å². The first-order chi connectivity index (χ1) is 5.66. The largest absolute Gasteiger partial charge is 0.478 e. The Bertz CT molecular complexity index is 317. The maximum atomic E-state index is 10.5. The zero-order valence-electron chi connectivity index (χ0n) is 6.45. The minimum absolute atomic E-state index is 0. The van der Waals surface area contributed by atoms with Gasteiger partial charge in [0, 0.05) is 0 Å². The topological polar surface area (TPSA) is 75.3 Å². The van der Waals surface area contributed by atoms with Crippen LogP contribution >= 0.6 is 24.0 Å². The lowest BCUT2D eigenvalue weighted by molar-refractivity contribution is 0.0697. The molecule has 0 bridgehead atoms. The van der Waals surface area contributed by atoms with Crippen molar-refractivity contribution in [1.29, 1.82) is 0 Å². The minimum Gasteiger partial charge on any atom is -0.478 e. The Hall–Kier alpha value is -0.970. The molecule has 0 aliphatic carbocycles. The molecule has 0 aliphatic rings. The molecule has 72 valence electrons. The summed E-state index contributed by atoms with van der Waals surface area (Å²) in [7, 11) is 0. The van der Waals surface area contributed by atoms with E-state index in [0.717, 1.165) is 0 Å². The zero-order chi connectivity index (χ0) is 9.14. The van der Waals surface area contributed by atoms with Crippen LogP contribution in [0.4, 0.5) is 5.69 Å². The van der Waals surface area contributed by atoms with Crippen LogP contribution in [-0.4, -0.2) is 11.1 Å². The third-order valence-corrected chi connectivity index (χ3v) is 1.79. The van der Waals surface area contributed by atoms with E-state index in [-0.39, 0.29) is 23.0 Å². The summed E-state index contributed by atoms with van der Waals surface area (Å²) in [5.74, 6) is 4.02. The highest BCUT2D eigenvalue weighted by Gasteiger charge is 2.10. The van der Waals surface area contributed by atoms with Gasteiger partial charge in [0.2, 0.25) is 0 Å². The van der Waals surface area contributed by atoms with Crippen LogP contribution < -0.4 is 11.3 Å². The van der Waals surface area contributed by atoms with Crippen LogP contribution in [0.15, 0.2) is 18.2 Å². The summed E-state index contributed by atoms with van der Waals surface area (Å²) in [6.45, 7) is 0. The van der Waals surface area contributed by atoms with Gasteiger partial charge in [-0.25, -0.2) is 4.79 Å². The molecule has 0 spiro atoms. The maximum Gasteiger partial charge on any atom is 0.337 e. The second kappa shape index (κ2) is 4.91. The summed E-state index contributed by atoms with van der Waals surface area (Å²) >= 11 is 5.68. The smallest absolute Gasteiger partial charge is 0.337 e. The normalized spacial score (nSPS) is 8.77. The van der Waals surface area contributed by atoms with Crippen LogP contribution in [0.5, 0.6) is 0 Å². The zero-order valence-corrected chi connectivity index (χ0v) is 8.02. The molecule has 1 rings (SSSR count). The number of hydrazine groups is 1. The number of hydrogen-bond donors (Lipinski definition) is 3. The number of carboxylic acids is 1. The number of halogens is 2. The number of anilines is 1. The number of carbonyl (C=O) groups is 1. The van der Waals surface area contributed by atoms with Gasteiger partial charge in [0.1, 0.15) is 0 Å². The summed E-state index contributed by atoms with van der Waals surface area (Å²) in [5.41, 5.74) is 2.73. The molecule has 0 saturated heterocycles. The molecular weight excluding hydrogens is 215 g/mol. The maximum absolute atomic E-state index is 10.5. The molecule has 0 unspecified atom stereocenters. The van der Waals surface area contributed by atoms with Crippen molar-refractivity contribution in [2.75, 3.05) is 5.43 Å². The molecule has 0 saturated carbocycles. The number of benzene rings is 1. The highest BCUT2D eigenvalue weighted by atomic mass is 35.5. The molecule has 13 heavy (non-hydrogen) atoms. The fourth-order valence-electron chi connectivity index (χ4n) is 0.809. The quantitative estimate of drug-likeness (QED) is 0.527. The molecule has 0 heterocycles. The Kier molecular flexibility index (Phi) is 4.55. The molecule has 4 nitrogen and oxygen atoms in total.